The Morgan fingerprint density at radius 2 is 1.96 bits per heavy atom. The van der Waals surface area contributed by atoms with Crippen molar-refractivity contribution in [3.63, 3.8) is 0 Å². The Morgan fingerprint density at radius 3 is 2.64 bits per heavy atom. The van der Waals surface area contributed by atoms with E-state index in [2.05, 4.69) is 29.1 Å². The number of halogens is 1. The van der Waals surface area contributed by atoms with Crippen LogP contribution in [-0.4, -0.2) is 27.6 Å². The number of aromatic carboxylic acids is 1. The number of nitrogens with one attached hydrogen (secondary N) is 1. The van der Waals surface area contributed by atoms with E-state index in [1.807, 2.05) is 0 Å². The Kier molecular flexibility index (Phi) is 4.61. The van der Waals surface area contributed by atoms with Crippen LogP contribution in [0.1, 0.15) is 24.2 Å². The van der Waals surface area contributed by atoms with Gasteiger partial charge in [0.2, 0.25) is 0 Å². The van der Waals surface area contributed by atoms with Gasteiger partial charge in [-0.2, -0.15) is 0 Å². The predicted molar refractivity (Wildman–Crippen MR) is 95.2 cm³/mol. The number of fused-ring (bicyclic) bond motifs is 1. The number of rotatable bonds is 5. The lowest BCUT2D eigenvalue weighted by molar-refractivity contribution is 0.0697. The van der Waals surface area contributed by atoms with Crippen molar-refractivity contribution in [1.82, 2.24) is 9.97 Å². The minimum atomic E-state index is -1.02. The van der Waals surface area contributed by atoms with Crippen LogP contribution >= 0.6 is 0 Å². The standard InChI is InChI=1S/C19H18FN3O2/c1-11(2)10-21-18-17(12-4-3-5-14(20)8-12)22-15-7-6-13(19(24)25)9-16(15)23-18/h3-9,11H,10H2,1-2H3,(H,21,23)(H,24,25). The van der Waals surface area contributed by atoms with Crippen LogP contribution in [0.25, 0.3) is 22.3 Å². The van der Waals surface area contributed by atoms with E-state index in [0.29, 0.717) is 40.6 Å². The molecule has 0 spiro atoms. The number of carbonyl (C=O) groups is 1. The maximum Gasteiger partial charge on any atom is 0.335 e. The maximum atomic E-state index is 13.6. The first-order valence-electron chi connectivity index (χ1n) is 7.99. The van der Waals surface area contributed by atoms with Gasteiger partial charge in [-0.25, -0.2) is 19.2 Å². The van der Waals surface area contributed by atoms with Crippen molar-refractivity contribution in [3.8, 4) is 11.3 Å². The molecule has 0 amide bonds. The second-order valence-electron chi connectivity index (χ2n) is 6.21. The van der Waals surface area contributed by atoms with E-state index in [1.165, 1.54) is 24.3 Å². The van der Waals surface area contributed by atoms with Crippen LogP contribution in [0.5, 0.6) is 0 Å². The van der Waals surface area contributed by atoms with Crippen LogP contribution in [0.4, 0.5) is 10.2 Å². The highest BCUT2D eigenvalue weighted by molar-refractivity contribution is 5.93. The summed E-state index contributed by atoms with van der Waals surface area (Å²) in [5, 5.41) is 12.4. The van der Waals surface area contributed by atoms with Gasteiger partial charge >= 0.3 is 5.97 Å². The first kappa shape index (κ1) is 16.8. The van der Waals surface area contributed by atoms with E-state index in [4.69, 9.17) is 5.11 Å². The fourth-order valence-electron chi connectivity index (χ4n) is 2.45. The molecule has 2 aromatic carbocycles. The Hall–Kier alpha value is -3.02. The van der Waals surface area contributed by atoms with Gasteiger partial charge in [0, 0.05) is 12.1 Å². The topological polar surface area (TPSA) is 75.1 Å². The summed E-state index contributed by atoms with van der Waals surface area (Å²) in [6, 6.07) is 10.7. The van der Waals surface area contributed by atoms with E-state index in [1.54, 1.807) is 18.2 Å². The van der Waals surface area contributed by atoms with Gasteiger partial charge in [0.25, 0.3) is 0 Å². The van der Waals surface area contributed by atoms with Gasteiger partial charge in [-0.15, -0.1) is 0 Å². The summed E-state index contributed by atoms with van der Waals surface area (Å²) in [5.74, 6) is -0.484. The van der Waals surface area contributed by atoms with Gasteiger partial charge < -0.3 is 10.4 Å². The average Bonchev–Trinajstić information content (AvgIpc) is 2.58. The summed E-state index contributed by atoms with van der Waals surface area (Å²) < 4.78 is 13.6. The van der Waals surface area contributed by atoms with Gasteiger partial charge in [0.05, 0.1) is 16.6 Å². The number of nitrogens with zero attached hydrogens (tertiary/aromatic N) is 2. The second-order valence-corrected chi connectivity index (χ2v) is 6.21. The van der Waals surface area contributed by atoms with Crippen LogP contribution < -0.4 is 5.32 Å². The van der Waals surface area contributed by atoms with Crippen LogP contribution in [0.3, 0.4) is 0 Å². The smallest absolute Gasteiger partial charge is 0.335 e. The first-order valence-corrected chi connectivity index (χ1v) is 7.99. The number of aromatic nitrogens is 2. The van der Waals surface area contributed by atoms with Crippen LogP contribution in [0, 0.1) is 11.7 Å². The lowest BCUT2D eigenvalue weighted by Gasteiger charge is -2.14. The van der Waals surface area contributed by atoms with Crippen molar-refractivity contribution >= 4 is 22.8 Å². The third-order valence-corrected chi connectivity index (χ3v) is 3.69. The summed E-state index contributed by atoms with van der Waals surface area (Å²) in [5.41, 5.74) is 2.33. The molecule has 5 nitrogen and oxygen atoms in total. The molecule has 0 aliphatic heterocycles. The quantitative estimate of drug-likeness (QED) is 0.728. The van der Waals surface area contributed by atoms with E-state index in [-0.39, 0.29) is 11.4 Å². The fourth-order valence-corrected chi connectivity index (χ4v) is 2.45. The number of carboxylic acid groups (broad SMARTS) is 1. The van der Waals surface area contributed by atoms with Crippen molar-refractivity contribution in [2.45, 2.75) is 13.8 Å². The molecular formula is C19H18FN3O2. The van der Waals surface area contributed by atoms with Gasteiger partial charge in [-0.3, -0.25) is 0 Å². The van der Waals surface area contributed by atoms with Crippen LogP contribution in [0.2, 0.25) is 0 Å². The predicted octanol–water partition coefficient (Wildman–Crippen LogP) is 4.20. The number of benzene rings is 2. The highest BCUT2D eigenvalue weighted by atomic mass is 19.1. The molecule has 128 valence electrons. The SMILES string of the molecule is CC(C)CNc1nc2cc(C(=O)O)ccc2nc1-c1cccc(F)c1. The Morgan fingerprint density at radius 1 is 1.16 bits per heavy atom. The summed E-state index contributed by atoms with van der Waals surface area (Å²) in [4.78, 5) is 20.3. The van der Waals surface area contributed by atoms with Crippen molar-refractivity contribution < 1.29 is 14.3 Å². The molecule has 3 rings (SSSR count). The monoisotopic (exact) mass is 339 g/mol. The molecule has 0 atom stereocenters. The summed E-state index contributed by atoms with van der Waals surface area (Å²) in [7, 11) is 0. The van der Waals surface area contributed by atoms with Crippen LogP contribution in [-0.2, 0) is 0 Å². The zero-order chi connectivity index (χ0) is 18.0. The minimum Gasteiger partial charge on any atom is -0.478 e. The van der Waals surface area contributed by atoms with Crippen molar-refractivity contribution in [2.24, 2.45) is 5.92 Å². The maximum absolute atomic E-state index is 13.6. The molecule has 1 heterocycles. The largest absolute Gasteiger partial charge is 0.478 e. The van der Waals surface area contributed by atoms with Crippen LogP contribution in [0.15, 0.2) is 42.5 Å². The fraction of sp³-hybridized carbons (Fsp3) is 0.211. The third-order valence-electron chi connectivity index (χ3n) is 3.69. The molecule has 6 heteroatoms. The molecule has 1 aromatic heterocycles. The summed E-state index contributed by atoms with van der Waals surface area (Å²) in [6.45, 7) is 4.79. The van der Waals surface area contributed by atoms with Gasteiger partial charge in [-0.05, 0) is 36.2 Å². The lowest BCUT2D eigenvalue weighted by atomic mass is 10.1. The van der Waals surface area contributed by atoms with E-state index in [0.717, 1.165) is 0 Å². The first-order chi connectivity index (χ1) is 11.9. The molecule has 3 aromatic rings. The molecule has 2 N–H and O–H groups in total. The third kappa shape index (κ3) is 3.74. The number of hydrogen-bond donors (Lipinski definition) is 2. The van der Waals surface area contributed by atoms with Gasteiger partial charge in [-0.1, -0.05) is 26.0 Å². The van der Waals surface area contributed by atoms with E-state index < -0.39 is 5.97 Å². The normalized spacial score (nSPS) is 11.0. The molecule has 0 fully saturated rings. The number of anilines is 1. The molecule has 0 saturated heterocycles. The highest BCUT2D eigenvalue weighted by Gasteiger charge is 2.14. The Bertz CT molecular complexity index is 941. The zero-order valence-corrected chi connectivity index (χ0v) is 14.0. The number of hydrogen-bond acceptors (Lipinski definition) is 4. The Balaban J connectivity index is 2.17. The molecule has 25 heavy (non-hydrogen) atoms. The molecule has 0 aliphatic rings. The van der Waals surface area contributed by atoms with Crippen molar-refractivity contribution in [3.05, 3.63) is 53.8 Å². The molecular weight excluding hydrogens is 321 g/mol. The molecule has 0 bridgehead atoms. The highest BCUT2D eigenvalue weighted by Crippen LogP contribution is 2.28. The minimum absolute atomic E-state index is 0.148. The average molecular weight is 339 g/mol. The number of carboxylic acids is 1. The lowest BCUT2D eigenvalue weighted by Crippen LogP contribution is -2.11. The van der Waals surface area contributed by atoms with E-state index >= 15 is 0 Å². The Labute approximate surface area is 144 Å². The molecule has 0 unspecified atom stereocenters. The van der Waals surface area contributed by atoms with Crippen molar-refractivity contribution in [2.75, 3.05) is 11.9 Å². The molecule has 0 radical (unpaired) electrons. The second kappa shape index (κ2) is 6.84. The van der Waals surface area contributed by atoms with Gasteiger partial charge in [0.15, 0.2) is 5.82 Å². The zero-order valence-electron chi connectivity index (χ0n) is 14.0. The summed E-state index contributed by atoms with van der Waals surface area (Å²) >= 11 is 0. The summed E-state index contributed by atoms with van der Waals surface area (Å²) in [6.07, 6.45) is 0. The van der Waals surface area contributed by atoms with Gasteiger partial charge in [0.1, 0.15) is 11.5 Å². The van der Waals surface area contributed by atoms with E-state index in [9.17, 15) is 9.18 Å². The van der Waals surface area contributed by atoms with Crippen molar-refractivity contribution in [1.29, 1.82) is 0 Å². The molecule has 0 saturated carbocycles. The molecule has 0 aliphatic carbocycles.